The zero-order chi connectivity index (χ0) is 19.9. The van der Waals surface area contributed by atoms with Gasteiger partial charge in [0, 0.05) is 25.1 Å². The van der Waals surface area contributed by atoms with Crippen LogP contribution < -0.4 is 0 Å². The van der Waals surface area contributed by atoms with Crippen LogP contribution in [0.3, 0.4) is 0 Å². The molecule has 1 aliphatic heterocycles. The number of ether oxygens (including phenoxy) is 1. The number of amides is 2. The van der Waals surface area contributed by atoms with Crippen LogP contribution in [0.1, 0.15) is 65.6 Å². The van der Waals surface area contributed by atoms with Gasteiger partial charge in [0.05, 0.1) is 18.9 Å². The molecule has 1 fully saturated rings. The topological polar surface area (TPSA) is 63.0 Å². The van der Waals surface area contributed by atoms with Crippen molar-refractivity contribution in [1.29, 1.82) is 0 Å². The minimum atomic E-state index is -0.402. The third-order valence-electron chi connectivity index (χ3n) is 4.88. The van der Waals surface area contributed by atoms with E-state index in [0.717, 1.165) is 38.1 Å². The van der Waals surface area contributed by atoms with E-state index in [4.69, 9.17) is 9.15 Å². The molecule has 2 heterocycles. The van der Waals surface area contributed by atoms with Gasteiger partial charge in [0.25, 0.3) is 0 Å². The predicted octanol–water partition coefficient (Wildman–Crippen LogP) is 3.60. The molecule has 1 aromatic rings. The van der Waals surface area contributed by atoms with E-state index in [0.29, 0.717) is 19.5 Å². The van der Waals surface area contributed by atoms with E-state index in [1.165, 1.54) is 0 Å². The molecule has 6 heteroatoms. The molecule has 2 rings (SSSR count). The third kappa shape index (κ3) is 6.69. The van der Waals surface area contributed by atoms with Crippen LogP contribution in [0.15, 0.2) is 22.8 Å². The molecule has 0 unspecified atom stereocenters. The van der Waals surface area contributed by atoms with Gasteiger partial charge in [-0.05, 0) is 52.2 Å². The van der Waals surface area contributed by atoms with Crippen molar-refractivity contribution in [2.24, 2.45) is 0 Å². The first-order chi connectivity index (χ1) is 12.8. The summed E-state index contributed by atoms with van der Waals surface area (Å²) in [5.74, 6) is 0.704. The van der Waals surface area contributed by atoms with Gasteiger partial charge >= 0.3 is 0 Å². The third-order valence-corrected chi connectivity index (χ3v) is 4.88. The number of furan rings is 1. The highest BCUT2D eigenvalue weighted by atomic mass is 16.5. The van der Waals surface area contributed by atoms with Crippen LogP contribution in [0.25, 0.3) is 0 Å². The van der Waals surface area contributed by atoms with Crippen LogP contribution >= 0.6 is 0 Å². The molecular formula is C21H34N2O4. The van der Waals surface area contributed by atoms with E-state index in [2.05, 4.69) is 6.92 Å². The van der Waals surface area contributed by atoms with Crippen molar-refractivity contribution in [3.8, 4) is 0 Å². The van der Waals surface area contributed by atoms with Gasteiger partial charge in [-0.25, -0.2) is 0 Å². The second kappa shape index (κ2) is 9.93. The number of carbonyl (C=O) groups excluding carboxylic acids is 2. The molecule has 0 bridgehead atoms. The molecule has 1 aromatic heterocycles. The van der Waals surface area contributed by atoms with E-state index >= 15 is 0 Å². The quantitative estimate of drug-likeness (QED) is 0.659. The molecule has 0 saturated carbocycles. The van der Waals surface area contributed by atoms with E-state index in [-0.39, 0.29) is 24.5 Å². The SMILES string of the molecule is CCCCC(=O)N(CC(=O)N(Cc1ccco1)C[C@@H]1CCCO1)C(C)(C)C. The number of unbranched alkanes of at least 4 members (excludes halogenated alkanes) is 1. The summed E-state index contributed by atoms with van der Waals surface area (Å²) in [6.45, 7) is 9.74. The summed E-state index contributed by atoms with van der Waals surface area (Å²) in [7, 11) is 0. The van der Waals surface area contributed by atoms with Gasteiger partial charge in [0.2, 0.25) is 11.8 Å². The Bertz CT molecular complexity index is 586. The molecule has 0 aliphatic carbocycles. The first-order valence-electron chi connectivity index (χ1n) is 10.0. The lowest BCUT2D eigenvalue weighted by molar-refractivity contribution is -0.146. The minimum Gasteiger partial charge on any atom is -0.467 e. The molecule has 0 aromatic carbocycles. The predicted molar refractivity (Wildman–Crippen MR) is 104 cm³/mol. The van der Waals surface area contributed by atoms with Crippen molar-refractivity contribution in [3.63, 3.8) is 0 Å². The normalized spacial score (nSPS) is 17.1. The molecule has 1 saturated heterocycles. The number of hydrogen-bond acceptors (Lipinski definition) is 4. The number of rotatable bonds is 9. The second-order valence-corrected chi connectivity index (χ2v) is 8.24. The molecule has 1 aliphatic rings. The van der Waals surface area contributed by atoms with Crippen LogP contribution in [0, 0.1) is 0 Å². The fourth-order valence-corrected chi connectivity index (χ4v) is 3.28. The van der Waals surface area contributed by atoms with Gasteiger partial charge in [-0.2, -0.15) is 0 Å². The highest BCUT2D eigenvalue weighted by Gasteiger charge is 2.31. The highest BCUT2D eigenvalue weighted by molar-refractivity contribution is 5.85. The molecule has 0 spiro atoms. The number of nitrogens with zero attached hydrogens (tertiary/aromatic N) is 2. The molecule has 0 N–H and O–H groups in total. The largest absolute Gasteiger partial charge is 0.467 e. The Balaban J connectivity index is 2.09. The fourth-order valence-electron chi connectivity index (χ4n) is 3.28. The summed E-state index contributed by atoms with van der Waals surface area (Å²) >= 11 is 0. The monoisotopic (exact) mass is 378 g/mol. The van der Waals surface area contributed by atoms with Crippen molar-refractivity contribution < 1.29 is 18.7 Å². The lowest BCUT2D eigenvalue weighted by Crippen LogP contribution is -2.51. The Morgan fingerprint density at radius 3 is 2.59 bits per heavy atom. The van der Waals surface area contributed by atoms with Crippen LogP contribution in [0.4, 0.5) is 0 Å². The molecule has 0 radical (unpaired) electrons. The Kier molecular flexibility index (Phi) is 7.90. The first kappa shape index (κ1) is 21.5. The Morgan fingerprint density at radius 2 is 2.04 bits per heavy atom. The van der Waals surface area contributed by atoms with Gasteiger partial charge in [-0.15, -0.1) is 0 Å². The van der Waals surface area contributed by atoms with Crippen LogP contribution in [-0.2, 0) is 20.9 Å². The molecule has 152 valence electrons. The van der Waals surface area contributed by atoms with Crippen molar-refractivity contribution in [2.45, 2.75) is 78.0 Å². The van der Waals surface area contributed by atoms with Crippen molar-refractivity contribution in [3.05, 3.63) is 24.2 Å². The van der Waals surface area contributed by atoms with Gasteiger partial charge in [-0.1, -0.05) is 13.3 Å². The number of hydrogen-bond donors (Lipinski definition) is 0. The summed E-state index contributed by atoms with van der Waals surface area (Å²) in [5, 5.41) is 0. The Hall–Kier alpha value is -1.82. The van der Waals surface area contributed by atoms with Gasteiger partial charge in [0.15, 0.2) is 0 Å². The average molecular weight is 379 g/mol. The lowest BCUT2D eigenvalue weighted by atomic mass is 10.0. The molecule has 2 amide bonds. The Morgan fingerprint density at radius 1 is 1.26 bits per heavy atom. The van der Waals surface area contributed by atoms with Crippen LogP contribution in [0.5, 0.6) is 0 Å². The zero-order valence-electron chi connectivity index (χ0n) is 17.2. The van der Waals surface area contributed by atoms with Crippen molar-refractivity contribution in [2.75, 3.05) is 19.7 Å². The van der Waals surface area contributed by atoms with Gasteiger partial charge in [-0.3, -0.25) is 9.59 Å². The molecule has 1 atom stereocenters. The van der Waals surface area contributed by atoms with Crippen molar-refractivity contribution >= 4 is 11.8 Å². The Labute approximate surface area is 162 Å². The van der Waals surface area contributed by atoms with E-state index in [1.807, 2.05) is 32.9 Å². The summed E-state index contributed by atoms with van der Waals surface area (Å²) in [4.78, 5) is 29.3. The van der Waals surface area contributed by atoms with Crippen LogP contribution in [-0.4, -0.2) is 53.0 Å². The zero-order valence-corrected chi connectivity index (χ0v) is 17.2. The average Bonchev–Trinajstić information content (AvgIpc) is 3.29. The lowest BCUT2D eigenvalue weighted by Gasteiger charge is -2.37. The number of carbonyl (C=O) groups is 2. The smallest absolute Gasteiger partial charge is 0.242 e. The first-order valence-corrected chi connectivity index (χ1v) is 10.0. The maximum atomic E-state index is 13.1. The summed E-state index contributed by atoms with van der Waals surface area (Å²) in [6.07, 6.45) is 5.93. The summed E-state index contributed by atoms with van der Waals surface area (Å²) in [5.41, 5.74) is -0.402. The van der Waals surface area contributed by atoms with Gasteiger partial charge in [0.1, 0.15) is 12.3 Å². The van der Waals surface area contributed by atoms with E-state index < -0.39 is 5.54 Å². The second-order valence-electron chi connectivity index (χ2n) is 8.24. The summed E-state index contributed by atoms with van der Waals surface area (Å²) in [6, 6.07) is 3.68. The minimum absolute atomic E-state index is 0.0350. The molecular weight excluding hydrogens is 344 g/mol. The van der Waals surface area contributed by atoms with Crippen LogP contribution in [0.2, 0.25) is 0 Å². The maximum absolute atomic E-state index is 13.1. The fraction of sp³-hybridized carbons (Fsp3) is 0.714. The van der Waals surface area contributed by atoms with Gasteiger partial charge < -0.3 is 19.0 Å². The van der Waals surface area contributed by atoms with Crippen molar-refractivity contribution in [1.82, 2.24) is 9.80 Å². The standard InChI is InChI=1S/C21H34N2O4/c1-5-6-11-19(24)23(21(2,3)4)16-20(25)22(14-17-9-7-12-26-17)15-18-10-8-13-27-18/h7,9,12,18H,5-6,8,10-11,13-16H2,1-4H3/t18-/m0/s1. The van der Waals surface area contributed by atoms with E-state index in [9.17, 15) is 9.59 Å². The summed E-state index contributed by atoms with van der Waals surface area (Å²) < 4.78 is 11.2. The highest BCUT2D eigenvalue weighted by Crippen LogP contribution is 2.19. The molecule has 6 nitrogen and oxygen atoms in total. The maximum Gasteiger partial charge on any atom is 0.242 e. The molecule has 27 heavy (non-hydrogen) atoms. The van der Waals surface area contributed by atoms with E-state index in [1.54, 1.807) is 16.1 Å².